The zero-order chi connectivity index (χ0) is 16.4. The molecule has 0 N–H and O–H groups in total. The van der Waals surface area contributed by atoms with Crippen LogP contribution in [0.15, 0.2) is 12.1 Å². The maximum absolute atomic E-state index is 12.2. The monoisotopic (exact) mass is 354 g/mol. The van der Waals surface area contributed by atoms with Gasteiger partial charge in [-0.2, -0.15) is 0 Å². The van der Waals surface area contributed by atoms with E-state index in [-0.39, 0.29) is 33.6 Å². The van der Waals surface area contributed by atoms with Crippen LogP contribution >= 0.6 is 23.2 Å². The van der Waals surface area contributed by atoms with Crippen LogP contribution in [0, 0.1) is 10.1 Å². The van der Waals surface area contributed by atoms with Gasteiger partial charge in [0.25, 0.3) is 11.6 Å². The second kappa shape index (κ2) is 6.59. The van der Waals surface area contributed by atoms with Crippen molar-refractivity contribution in [2.24, 2.45) is 0 Å². The molecule has 21 heavy (non-hydrogen) atoms. The molecule has 1 amide bonds. The van der Waals surface area contributed by atoms with Crippen LogP contribution in [0.1, 0.15) is 10.4 Å². The van der Waals surface area contributed by atoms with Gasteiger partial charge in [0.2, 0.25) is 0 Å². The summed E-state index contributed by atoms with van der Waals surface area (Å²) in [6.45, 7) is -0.0612. The maximum Gasteiger partial charge on any atom is 0.271 e. The molecule has 0 bridgehead atoms. The molecule has 0 aromatic heterocycles. The van der Waals surface area contributed by atoms with Crippen LogP contribution in [0.3, 0.4) is 0 Å². The number of carbonyl (C=O) groups is 1. The van der Waals surface area contributed by atoms with Crippen LogP contribution in [-0.2, 0) is 9.84 Å². The third kappa shape index (κ3) is 4.83. The van der Waals surface area contributed by atoms with Crippen molar-refractivity contribution < 1.29 is 18.1 Å². The van der Waals surface area contributed by atoms with Crippen LogP contribution in [0.4, 0.5) is 5.69 Å². The molecule has 7 nitrogen and oxygen atoms in total. The molecule has 1 rings (SSSR count). The topological polar surface area (TPSA) is 97.6 Å². The number of rotatable bonds is 5. The number of halogens is 2. The van der Waals surface area contributed by atoms with Gasteiger partial charge in [-0.1, -0.05) is 23.2 Å². The van der Waals surface area contributed by atoms with Crippen LogP contribution in [0.25, 0.3) is 0 Å². The first-order chi connectivity index (χ1) is 9.53. The summed E-state index contributed by atoms with van der Waals surface area (Å²) in [4.78, 5) is 23.4. The molecule has 0 heterocycles. The van der Waals surface area contributed by atoms with Gasteiger partial charge in [0.1, 0.15) is 9.84 Å². The van der Waals surface area contributed by atoms with Crippen molar-refractivity contribution in [3.63, 3.8) is 0 Å². The fraction of sp³-hybridized carbons (Fsp3) is 0.364. The highest BCUT2D eigenvalue weighted by molar-refractivity contribution is 7.90. The molecule has 0 radical (unpaired) electrons. The number of nitro groups is 1. The molecule has 0 aliphatic carbocycles. The smallest absolute Gasteiger partial charge is 0.271 e. The third-order valence-electron chi connectivity index (χ3n) is 2.60. The molecule has 0 aliphatic rings. The minimum absolute atomic E-state index is 0.0612. The summed E-state index contributed by atoms with van der Waals surface area (Å²) in [6.07, 6.45) is 1.04. The van der Waals surface area contributed by atoms with Crippen LogP contribution < -0.4 is 0 Å². The Hall–Kier alpha value is -1.38. The van der Waals surface area contributed by atoms with Gasteiger partial charge in [-0.25, -0.2) is 8.42 Å². The Morgan fingerprint density at radius 1 is 1.38 bits per heavy atom. The largest absolute Gasteiger partial charge is 0.341 e. The highest BCUT2D eigenvalue weighted by Crippen LogP contribution is 2.31. The van der Waals surface area contributed by atoms with Gasteiger partial charge in [0.15, 0.2) is 0 Å². The van der Waals surface area contributed by atoms with Crippen LogP contribution in [0.5, 0.6) is 0 Å². The molecule has 0 spiro atoms. The van der Waals surface area contributed by atoms with Crippen LogP contribution in [-0.4, -0.2) is 49.7 Å². The van der Waals surface area contributed by atoms with E-state index in [9.17, 15) is 23.3 Å². The fourth-order valence-corrected chi connectivity index (χ4v) is 2.45. The summed E-state index contributed by atoms with van der Waals surface area (Å²) in [5, 5.41) is 10.5. The van der Waals surface area contributed by atoms with Crippen molar-refractivity contribution in [2.75, 3.05) is 25.6 Å². The Morgan fingerprint density at radius 2 is 1.95 bits per heavy atom. The van der Waals surface area contributed by atoms with E-state index in [1.807, 2.05) is 0 Å². The Bertz CT molecular complexity index is 690. The molecule has 0 unspecified atom stereocenters. The molecule has 116 valence electrons. The van der Waals surface area contributed by atoms with Gasteiger partial charge in [-0.3, -0.25) is 14.9 Å². The molecule has 10 heteroatoms. The van der Waals surface area contributed by atoms with Gasteiger partial charge in [0.05, 0.1) is 26.3 Å². The Kier molecular flexibility index (Phi) is 5.54. The van der Waals surface area contributed by atoms with Crippen molar-refractivity contribution >= 4 is 44.6 Å². The maximum atomic E-state index is 12.2. The number of amides is 1. The minimum atomic E-state index is -3.24. The molecular formula is C11H12Cl2N2O5S. The number of nitro benzene ring substituents is 1. The van der Waals surface area contributed by atoms with Crippen molar-refractivity contribution in [2.45, 2.75) is 0 Å². The van der Waals surface area contributed by atoms with Crippen molar-refractivity contribution in [3.05, 3.63) is 37.9 Å². The van der Waals surface area contributed by atoms with Crippen LogP contribution in [0.2, 0.25) is 10.0 Å². The van der Waals surface area contributed by atoms with E-state index < -0.39 is 20.7 Å². The molecule has 1 aromatic rings. The number of sulfone groups is 1. The van der Waals surface area contributed by atoms with E-state index in [0.717, 1.165) is 23.3 Å². The third-order valence-corrected chi connectivity index (χ3v) is 4.32. The summed E-state index contributed by atoms with van der Waals surface area (Å²) in [5.41, 5.74) is -0.517. The lowest BCUT2D eigenvalue weighted by Crippen LogP contribution is -2.31. The number of nitrogens with zero attached hydrogens (tertiary/aromatic N) is 2. The summed E-state index contributed by atoms with van der Waals surface area (Å²) in [5.74, 6) is -0.871. The first kappa shape index (κ1) is 17.7. The highest BCUT2D eigenvalue weighted by atomic mass is 35.5. The quantitative estimate of drug-likeness (QED) is 0.595. The number of hydrogen-bond acceptors (Lipinski definition) is 5. The fourth-order valence-electron chi connectivity index (χ4n) is 1.45. The van der Waals surface area contributed by atoms with Crippen molar-refractivity contribution in [1.29, 1.82) is 0 Å². The summed E-state index contributed by atoms with van der Waals surface area (Å²) in [7, 11) is -1.86. The summed E-state index contributed by atoms with van der Waals surface area (Å²) >= 11 is 11.6. The normalized spacial score (nSPS) is 11.2. The number of benzene rings is 1. The average molecular weight is 355 g/mol. The zero-order valence-electron chi connectivity index (χ0n) is 11.2. The molecule has 1 aromatic carbocycles. The SMILES string of the molecule is CN(CCS(C)(=O)=O)C(=O)c1cc([N+](=O)[O-])cc(Cl)c1Cl. The van der Waals surface area contributed by atoms with E-state index in [2.05, 4.69) is 0 Å². The van der Waals surface area contributed by atoms with E-state index >= 15 is 0 Å². The molecule has 0 fully saturated rings. The summed E-state index contributed by atoms with van der Waals surface area (Å²) < 4.78 is 22.2. The average Bonchev–Trinajstić information content (AvgIpc) is 2.37. The molecule has 0 atom stereocenters. The standard InChI is InChI=1S/C11H12Cl2N2O5S/c1-14(3-4-21(2,19)20)11(16)8-5-7(15(17)18)6-9(12)10(8)13/h5-6H,3-4H2,1-2H3. The predicted molar refractivity (Wildman–Crippen MR) is 79.8 cm³/mol. The second-order valence-corrected chi connectivity index (χ2v) is 7.45. The second-order valence-electron chi connectivity index (χ2n) is 4.40. The Labute approximate surface area is 131 Å². The lowest BCUT2D eigenvalue weighted by molar-refractivity contribution is -0.384. The predicted octanol–water partition coefficient (Wildman–Crippen LogP) is 2.02. The Morgan fingerprint density at radius 3 is 2.43 bits per heavy atom. The van der Waals surface area contributed by atoms with Gasteiger partial charge in [-0.05, 0) is 0 Å². The van der Waals surface area contributed by atoms with Crippen molar-refractivity contribution in [3.8, 4) is 0 Å². The lowest BCUT2D eigenvalue weighted by atomic mass is 10.1. The van der Waals surface area contributed by atoms with Gasteiger partial charge < -0.3 is 4.90 Å². The van der Waals surface area contributed by atoms with Crippen molar-refractivity contribution in [1.82, 2.24) is 4.90 Å². The first-order valence-corrected chi connectivity index (χ1v) is 8.41. The molecule has 0 saturated carbocycles. The zero-order valence-corrected chi connectivity index (χ0v) is 13.5. The molecule has 0 aliphatic heterocycles. The number of carbonyl (C=O) groups excluding carboxylic acids is 1. The number of non-ortho nitro benzene ring substituents is 1. The van der Waals surface area contributed by atoms with E-state index in [0.29, 0.717) is 0 Å². The molecule has 0 saturated heterocycles. The van der Waals surface area contributed by atoms with E-state index in [4.69, 9.17) is 23.2 Å². The van der Waals surface area contributed by atoms with Gasteiger partial charge in [0, 0.05) is 32.0 Å². The van der Waals surface area contributed by atoms with Gasteiger partial charge in [-0.15, -0.1) is 0 Å². The van der Waals surface area contributed by atoms with Gasteiger partial charge >= 0.3 is 0 Å². The number of hydrogen-bond donors (Lipinski definition) is 0. The lowest BCUT2D eigenvalue weighted by Gasteiger charge is -2.17. The van der Waals surface area contributed by atoms with E-state index in [1.165, 1.54) is 7.05 Å². The highest BCUT2D eigenvalue weighted by Gasteiger charge is 2.22. The first-order valence-electron chi connectivity index (χ1n) is 5.59. The molecular weight excluding hydrogens is 343 g/mol. The minimum Gasteiger partial charge on any atom is -0.341 e. The Balaban J connectivity index is 3.09. The summed E-state index contributed by atoms with van der Waals surface area (Å²) in [6, 6.07) is 2.05. The van der Waals surface area contributed by atoms with E-state index in [1.54, 1.807) is 0 Å².